The standard InChI is InChI=1S/C27H27F2N3O4/c28-19-10-8-18(9-11-19)25(27(35)31-21-5-2-1-3-6-21)32(22-14-12-20(29)13-15-22)24(33)17-30-26(34)23-7-4-16-36-23/h4,7-16,21,25H,1-3,5-6,17H2,(H,30,34)(H,31,35). The van der Waals surface area contributed by atoms with Gasteiger partial charge in [-0.3, -0.25) is 19.3 Å². The maximum absolute atomic E-state index is 13.7. The van der Waals surface area contributed by atoms with Crippen molar-refractivity contribution in [1.29, 1.82) is 0 Å². The Kier molecular flexibility index (Phi) is 8.10. The third-order valence-electron chi connectivity index (χ3n) is 6.16. The number of hydrogen-bond donors (Lipinski definition) is 2. The van der Waals surface area contributed by atoms with E-state index in [1.807, 2.05) is 0 Å². The molecule has 1 aliphatic carbocycles. The molecule has 1 saturated carbocycles. The van der Waals surface area contributed by atoms with Gasteiger partial charge in [-0.05, 0) is 66.9 Å². The lowest BCUT2D eigenvalue weighted by Gasteiger charge is -2.33. The zero-order valence-corrected chi connectivity index (χ0v) is 19.6. The van der Waals surface area contributed by atoms with Crippen LogP contribution >= 0.6 is 0 Å². The molecule has 1 aliphatic rings. The van der Waals surface area contributed by atoms with Crippen LogP contribution in [0.1, 0.15) is 54.3 Å². The molecule has 1 atom stereocenters. The van der Waals surface area contributed by atoms with Gasteiger partial charge in [-0.1, -0.05) is 31.4 Å². The van der Waals surface area contributed by atoms with Gasteiger partial charge in [0.15, 0.2) is 5.76 Å². The number of carbonyl (C=O) groups is 3. The van der Waals surface area contributed by atoms with Gasteiger partial charge in [0.2, 0.25) is 11.8 Å². The molecule has 0 radical (unpaired) electrons. The van der Waals surface area contributed by atoms with Crippen LogP contribution in [0.15, 0.2) is 71.3 Å². The number of halogens is 2. The predicted octanol–water partition coefficient (Wildman–Crippen LogP) is 4.51. The van der Waals surface area contributed by atoms with E-state index in [0.717, 1.165) is 32.1 Å². The van der Waals surface area contributed by atoms with Crippen molar-refractivity contribution < 1.29 is 27.6 Å². The van der Waals surface area contributed by atoms with E-state index < -0.39 is 41.9 Å². The SMILES string of the molecule is O=C(NCC(=O)N(c1ccc(F)cc1)C(C(=O)NC1CCCCC1)c1ccc(F)cc1)c1ccco1. The lowest BCUT2D eigenvalue weighted by molar-refractivity contribution is -0.127. The van der Waals surface area contributed by atoms with Crippen LogP contribution in [-0.4, -0.2) is 30.3 Å². The van der Waals surface area contributed by atoms with Crippen molar-refractivity contribution in [1.82, 2.24) is 10.6 Å². The van der Waals surface area contributed by atoms with Crippen LogP contribution in [0.4, 0.5) is 14.5 Å². The van der Waals surface area contributed by atoms with Gasteiger partial charge >= 0.3 is 0 Å². The molecule has 0 bridgehead atoms. The number of furan rings is 1. The smallest absolute Gasteiger partial charge is 0.287 e. The highest BCUT2D eigenvalue weighted by Gasteiger charge is 2.34. The Bertz CT molecular complexity index is 1170. The predicted molar refractivity (Wildman–Crippen MR) is 129 cm³/mol. The van der Waals surface area contributed by atoms with Crippen LogP contribution in [0.25, 0.3) is 0 Å². The molecule has 188 valence electrons. The largest absolute Gasteiger partial charge is 0.459 e. The van der Waals surface area contributed by atoms with E-state index in [-0.39, 0.29) is 17.5 Å². The molecule has 3 amide bonds. The van der Waals surface area contributed by atoms with E-state index in [4.69, 9.17) is 4.42 Å². The van der Waals surface area contributed by atoms with Crippen molar-refractivity contribution in [3.05, 3.63) is 89.9 Å². The number of benzene rings is 2. The first-order valence-electron chi connectivity index (χ1n) is 11.9. The summed E-state index contributed by atoms with van der Waals surface area (Å²) >= 11 is 0. The maximum atomic E-state index is 13.7. The van der Waals surface area contributed by atoms with Crippen LogP contribution < -0.4 is 15.5 Å². The average molecular weight is 496 g/mol. The molecule has 0 spiro atoms. The topological polar surface area (TPSA) is 91.7 Å². The van der Waals surface area contributed by atoms with Crippen molar-refractivity contribution in [3.63, 3.8) is 0 Å². The van der Waals surface area contributed by atoms with Crippen molar-refractivity contribution in [2.75, 3.05) is 11.4 Å². The molecule has 1 heterocycles. The van der Waals surface area contributed by atoms with Crippen LogP contribution in [0.3, 0.4) is 0 Å². The lowest BCUT2D eigenvalue weighted by Crippen LogP contribution is -2.49. The summed E-state index contributed by atoms with van der Waals surface area (Å²) in [5.41, 5.74) is 0.626. The minimum atomic E-state index is -1.17. The summed E-state index contributed by atoms with van der Waals surface area (Å²) in [5.74, 6) is -2.63. The Morgan fingerprint density at radius 1 is 0.917 bits per heavy atom. The molecule has 0 aliphatic heterocycles. The van der Waals surface area contributed by atoms with E-state index in [0.29, 0.717) is 5.56 Å². The number of nitrogens with zero attached hydrogens (tertiary/aromatic N) is 1. The van der Waals surface area contributed by atoms with Crippen molar-refractivity contribution >= 4 is 23.4 Å². The summed E-state index contributed by atoms with van der Waals surface area (Å²) < 4.78 is 32.5. The first-order valence-corrected chi connectivity index (χ1v) is 11.9. The quantitative estimate of drug-likeness (QED) is 0.481. The molecule has 1 unspecified atom stereocenters. The second-order valence-electron chi connectivity index (χ2n) is 8.70. The molecule has 1 aromatic heterocycles. The maximum Gasteiger partial charge on any atom is 0.287 e. The highest BCUT2D eigenvalue weighted by molar-refractivity contribution is 6.04. The Labute approximate surface area is 207 Å². The number of nitrogens with one attached hydrogen (secondary N) is 2. The molecular weight excluding hydrogens is 468 g/mol. The third kappa shape index (κ3) is 6.16. The van der Waals surface area contributed by atoms with E-state index in [1.165, 1.54) is 65.8 Å². The van der Waals surface area contributed by atoms with E-state index in [2.05, 4.69) is 10.6 Å². The fourth-order valence-electron chi connectivity index (χ4n) is 4.36. The Hall–Kier alpha value is -4.01. The summed E-state index contributed by atoms with van der Waals surface area (Å²) in [7, 11) is 0. The molecule has 1 fully saturated rings. The van der Waals surface area contributed by atoms with Crippen LogP contribution in [0, 0.1) is 11.6 Å². The van der Waals surface area contributed by atoms with Gasteiger partial charge in [0.05, 0.1) is 12.8 Å². The summed E-state index contributed by atoms with van der Waals surface area (Å²) in [4.78, 5) is 40.7. The van der Waals surface area contributed by atoms with E-state index >= 15 is 0 Å². The molecule has 2 N–H and O–H groups in total. The van der Waals surface area contributed by atoms with Gasteiger partial charge < -0.3 is 15.1 Å². The molecule has 9 heteroatoms. The first-order chi connectivity index (χ1) is 17.4. The number of amides is 3. The van der Waals surface area contributed by atoms with Gasteiger partial charge in [0.1, 0.15) is 17.7 Å². The van der Waals surface area contributed by atoms with Crippen LogP contribution in [-0.2, 0) is 9.59 Å². The number of rotatable bonds is 8. The number of anilines is 1. The minimum Gasteiger partial charge on any atom is -0.459 e. The van der Waals surface area contributed by atoms with Crippen molar-refractivity contribution in [2.24, 2.45) is 0 Å². The normalized spacial score (nSPS) is 14.6. The molecule has 36 heavy (non-hydrogen) atoms. The Morgan fingerprint density at radius 2 is 1.56 bits per heavy atom. The summed E-state index contributed by atoms with van der Waals surface area (Å²) in [5, 5.41) is 5.53. The average Bonchev–Trinajstić information content (AvgIpc) is 3.43. The van der Waals surface area contributed by atoms with Gasteiger partial charge in [-0.15, -0.1) is 0 Å². The molecule has 7 nitrogen and oxygen atoms in total. The zero-order chi connectivity index (χ0) is 25.5. The highest BCUT2D eigenvalue weighted by atomic mass is 19.1. The second kappa shape index (κ2) is 11.6. The molecule has 4 rings (SSSR count). The Morgan fingerprint density at radius 3 is 2.17 bits per heavy atom. The Balaban J connectivity index is 1.67. The molecule has 0 saturated heterocycles. The highest BCUT2D eigenvalue weighted by Crippen LogP contribution is 2.29. The number of hydrogen-bond acceptors (Lipinski definition) is 4. The van der Waals surface area contributed by atoms with Gasteiger partial charge in [-0.2, -0.15) is 0 Å². The van der Waals surface area contributed by atoms with Gasteiger partial charge in [0, 0.05) is 11.7 Å². The van der Waals surface area contributed by atoms with E-state index in [1.54, 1.807) is 6.07 Å². The molecule has 2 aromatic carbocycles. The fraction of sp³-hybridized carbons (Fsp3) is 0.296. The first kappa shape index (κ1) is 25.1. The van der Waals surface area contributed by atoms with E-state index in [9.17, 15) is 23.2 Å². The van der Waals surface area contributed by atoms with Gasteiger partial charge in [-0.25, -0.2) is 8.78 Å². The third-order valence-corrected chi connectivity index (χ3v) is 6.16. The van der Waals surface area contributed by atoms with Crippen LogP contribution in [0.5, 0.6) is 0 Å². The second-order valence-corrected chi connectivity index (χ2v) is 8.70. The lowest BCUT2D eigenvalue weighted by atomic mass is 9.94. The number of carbonyl (C=O) groups excluding carboxylic acids is 3. The van der Waals surface area contributed by atoms with Crippen molar-refractivity contribution in [2.45, 2.75) is 44.2 Å². The minimum absolute atomic E-state index is 0.0289. The summed E-state index contributed by atoms with van der Waals surface area (Å²) in [6.07, 6.45) is 6.07. The molecule has 3 aromatic rings. The fourth-order valence-corrected chi connectivity index (χ4v) is 4.36. The summed E-state index contributed by atoms with van der Waals surface area (Å²) in [6.45, 7) is -0.453. The zero-order valence-electron chi connectivity index (χ0n) is 19.6. The molecular formula is C27H27F2N3O4. The monoisotopic (exact) mass is 495 g/mol. The van der Waals surface area contributed by atoms with Crippen LogP contribution in [0.2, 0.25) is 0 Å². The van der Waals surface area contributed by atoms with Crippen molar-refractivity contribution in [3.8, 4) is 0 Å². The summed E-state index contributed by atoms with van der Waals surface area (Å²) in [6, 6.07) is 12.2. The van der Waals surface area contributed by atoms with Gasteiger partial charge in [0.25, 0.3) is 5.91 Å².